The molecule has 0 unspecified atom stereocenters. The van der Waals surface area contributed by atoms with E-state index in [1.165, 1.54) is 12.1 Å². The Bertz CT molecular complexity index is 424. The van der Waals surface area contributed by atoms with Gasteiger partial charge in [-0.15, -0.1) is 0 Å². The second kappa shape index (κ2) is 3.85. The number of nitrogens with zero attached hydrogens (tertiary/aromatic N) is 1. The molecule has 0 saturated carbocycles. The summed E-state index contributed by atoms with van der Waals surface area (Å²) in [6.07, 6.45) is 0. The first kappa shape index (κ1) is 10.2. The third-order valence-corrected chi connectivity index (χ3v) is 1.73. The first-order valence-electron chi connectivity index (χ1n) is 3.76. The van der Waals surface area contributed by atoms with Gasteiger partial charge in [-0.2, -0.15) is 5.26 Å². The van der Waals surface area contributed by atoms with Crippen LogP contribution in [0.25, 0.3) is 0 Å². The van der Waals surface area contributed by atoms with Crippen LogP contribution in [0.4, 0.5) is 4.39 Å². The Morgan fingerprint density at radius 2 is 2.29 bits per heavy atom. The van der Waals surface area contributed by atoms with Crippen LogP contribution in [0.2, 0.25) is 0 Å². The van der Waals surface area contributed by atoms with E-state index in [1.54, 1.807) is 0 Å². The molecule has 0 saturated heterocycles. The first-order chi connectivity index (χ1) is 6.60. The number of hydrogen-bond donors (Lipinski definition) is 2. The third kappa shape index (κ3) is 1.70. The van der Waals surface area contributed by atoms with Gasteiger partial charge in [-0.25, -0.2) is 9.18 Å². The van der Waals surface area contributed by atoms with Gasteiger partial charge in [0, 0.05) is 6.54 Å². The van der Waals surface area contributed by atoms with E-state index < -0.39 is 17.3 Å². The van der Waals surface area contributed by atoms with Crippen molar-refractivity contribution >= 4 is 5.97 Å². The van der Waals surface area contributed by atoms with Crippen molar-refractivity contribution in [3.63, 3.8) is 0 Å². The Balaban J connectivity index is 3.45. The molecule has 4 nitrogen and oxygen atoms in total. The lowest BCUT2D eigenvalue weighted by Gasteiger charge is -2.03. The lowest BCUT2D eigenvalue weighted by atomic mass is 10.0. The molecule has 0 bridgehead atoms. The van der Waals surface area contributed by atoms with Crippen molar-refractivity contribution in [1.29, 1.82) is 5.26 Å². The summed E-state index contributed by atoms with van der Waals surface area (Å²) in [4.78, 5) is 10.6. The molecular formula is C9H7FN2O2. The molecule has 1 aromatic rings. The molecule has 0 aliphatic heterocycles. The monoisotopic (exact) mass is 194 g/mol. The standard InChI is InChI=1S/C9H7FN2O2/c10-8-2-5(3-11)1-6(9(13)14)7(8)4-12/h1-2H,3,11H2,(H,13,14). The molecule has 0 spiro atoms. The summed E-state index contributed by atoms with van der Waals surface area (Å²) in [5.74, 6) is -2.19. The van der Waals surface area contributed by atoms with Gasteiger partial charge in [0.05, 0.1) is 5.56 Å². The number of rotatable bonds is 2. The van der Waals surface area contributed by atoms with Crippen molar-refractivity contribution in [2.24, 2.45) is 5.73 Å². The SMILES string of the molecule is N#Cc1c(F)cc(CN)cc1C(=O)O. The molecule has 3 N–H and O–H groups in total. The van der Waals surface area contributed by atoms with E-state index in [2.05, 4.69) is 0 Å². The highest BCUT2D eigenvalue weighted by Gasteiger charge is 2.15. The van der Waals surface area contributed by atoms with Gasteiger partial charge in [0.15, 0.2) is 0 Å². The zero-order valence-corrected chi connectivity index (χ0v) is 7.12. The molecule has 0 heterocycles. The maximum atomic E-state index is 13.1. The highest BCUT2D eigenvalue weighted by molar-refractivity contribution is 5.90. The molecule has 72 valence electrons. The van der Waals surface area contributed by atoms with Crippen LogP contribution >= 0.6 is 0 Å². The summed E-state index contributed by atoms with van der Waals surface area (Å²) in [6, 6.07) is 3.76. The molecule has 14 heavy (non-hydrogen) atoms. The minimum Gasteiger partial charge on any atom is -0.478 e. The Morgan fingerprint density at radius 1 is 1.64 bits per heavy atom. The third-order valence-electron chi connectivity index (χ3n) is 1.73. The minimum absolute atomic E-state index is 0.0307. The molecule has 0 atom stereocenters. The largest absolute Gasteiger partial charge is 0.478 e. The van der Waals surface area contributed by atoms with Crippen LogP contribution in [-0.2, 0) is 6.54 Å². The number of nitrogens with two attached hydrogens (primary N) is 1. The zero-order chi connectivity index (χ0) is 10.7. The average molecular weight is 194 g/mol. The minimum atomic E-state index is -1.34. The average Bonchev–Trinajstić information content (AvgIpc) is 2.16. The molecule has 0 aromatic heterocycles. The van der Waals surface area contributed by atoms with Crippen LogP contribution < -0.4 is 5.73 Å². The molecule has 0 aliphatic rings. The zero-order valence-electron chi connectivity index (χ0n) is 7.12. The van der Waals surface area contributed by atoms with Crippen molar-refractivity contribution in [2.45, 2.75) is 6.54 Å². The summed E-state index contributed by atoms with van der Waals surface area (Å²) in [7, 11) is 0. The number of nitriles is 1. The van der Waals surface area contributed by atoms with Crippen molar-refractivity contribution in [2.75, 3.05) is 0 Å². The van der Waals surface area contributed by atoms with Crippen LogP contribution in [0.1, 0.15) is 21.5 Å². The van der Waals surface area contributed by atoms with E-state index in [9.17, 15) is 9.18 Å². The van der Waals surface area contributed by atoms with Gasteiger partial charge in [0.2, 0.25) is 0 Å². The van der Waals surface area contributed by atoms with E-state index in [0.717, 1.165) is 6.07 Å². The quantitative estimate of drug-likeness (QED) is 0.730. The molecule has 0 fully saturated rings. The van der Waals surface area contributed by atoms with E-state index >= 15 is 0 Å². The van der Waals surface area contributed by atoms with Crippen molar-refractivity contribution in [3.05, 3.63) is 34.6 Å². The Hall–Kier alpha value is -1.93. The summed E-state index contributed by atoms with van der Waals surface area (Å²) < 4.78 is 13.1. The summed E-state index contributed by atoms with van der Waals surface area (Å²) >= 11 is 0. The molecule has 0 amide bonds. The maximum absolute atomic E-state index is 13.1. The van der Waals surface area contributed by atoms with E-state index in [1.807, 2.05) is 0 Å². The molecule has 0 radical (unpaired) electrons. The normalized spacial score (nSPS) is 9.50. The molecule has 5 heteroatoms. The lowest BCUT2D eigenvalue weighted by molar-refractivity contribution is 0.0696. The van der Waals surface area contributed by atoms with E-state index in [4.69, 9.17) is 16.1 Å². The first-order valence-corrected chi connectivity index (χ1v) is 3.76. The van der Waals surface area contributed by atoms with Gasteiger partial charge in [0.25, 0.3) is 0 Å². The summed E-state index contributed by atoms with van der Waals surface area (Å²) in [5.41, 5.74) is 4.77. The van der Waals surface area contributed by atoms with Gasteiger partial charge >= 0.3 is 5.97 Å². The fraction of sp³-hybridized carbons (Fsp3) is 0.111. The van der Waals surface area contributed by atoms with Gasteiger partial charge in [0.1, 0.15) is 17.4 Å². The van der Waals surface area contributed by atoms with Gasteiger partial charge in [-0.1, -0.05) is 0 Å². The highest BCUT2D eigenvalue weighted by Crippen LogP contribution is 2.15. The number of carbonyl (C=O) groups is 1. The van der Waals surface area contributed by atoms with Crippen molar-refractivity contribution in [3.8, 4) is 6.07 Å². The smallest absolute Gasteiger partial charge is 0.337 e. The molecule has 0 aliphatic carbocycles. The predicted molar refractivity (Wildman–Crippen MR) is 46.0 cm³/mol. The molecule has 1 rings (SSSR count). The number of aromatic carboxylic acids is 1. The topological polar surface area (TPSA) is 87.1 Å². The Kier molecular flexibility index (Phi) is 2.79. The Labute approximate surface area is 79.4 Å². The van der Waals surface area contributed by atoms with Crippen molar-refractivity contribution < 1.29 is 14.3 Å². The molecular weight excluding hydrogens is 187 g/mol. The molecule has 1 aromatic carbocycles. The number of benzene rings is 1. The van der Waals surface area contributed by atoms with Gasteiger partial charge in [-0.3, -0.25) is 0 Å². The van der Waals surface area contributed by atoms with Gasteiger partial charge < -0.3 is 10.8 Å². The second-order valence-corrected chi connectivity index (χ2v) is 2.62. The fourth-order valence-electron chi connectivity index (χ4n) is 1.06. The van der Waals surface area contributed by atoms with Crippen LogP contribution in [0.3, 0.4) is 0 Å². The van der Waals surface area contributed by atoms with Crippen LogP contribution in [0.5, 0.6) is 0 Å². The number of hydrogen-bond acceptors (Lipinski definition) is 3. The van der Waals surface area contributed by atoms with Crippen LogP contribution in [-0.4, -0.2) is 11.1 Å². The van der Waals surface area contributed by atoms with Crippen LogP contribution in [0, 0.1) is 17.1 Å². The highest BCUT2D eigenvalue weighted by atomic mass is 19.1. The number of carboxylic acid groups (broad SMARTS) is 1. The van der Waals surface area contributed by atoms with E-state index in [-0.39, 0.29) is 12.1 Å². The van der Waals surface area contributed by atoms with Crippen molar-refractivity contribution in [1.82, 2.24) is 0 Å². The van der Waals surface area contributed by atoms with E-state index in [0.29, 0.717) is 5.56 Å². The maximum Gasteiger partial charge on any atom is 0.337 e. The second-order valence-electron chi connectivity index (χ2n) is 2.62. The number of carboxylic acids is 1. The fourth-order valence-corrected chi connectivity index (χ4v) is 1.06. The summed E-state index contributed by atoms with van der Waals surface area (Å²) in [5, 5.41) is 17.2. The summed E-state index contributed by atoms with van der Waals surface area (Å²) in [6.45, 7) is 0.0307. The predicted octanol–water partition coefficient (Wildman–Crippen LogP) is 0.854. The van der Waals surface area contributed by atoms with Crippen LogP contribution in [0.15, 0.2) is 12.1 Å². The lowest BCUT2D eigenvalue weighted by Crippen LogP contribution is -2.06. The number of halogens is 1. The van der Waals surface area contributed by atoms with Gasteiger partial charge in [-0.05, 0) is 17.7 Å². The Morgan fingerprint density at radius 3 is 2.71 bits per heavy atom.